The van der Waals surface area contributed by atoms with Crippen molar-refractivity contribution in [2.75, 3.05) is 0 Å². The van der Waals surface area contributed by atoms with Crippen LogP contribution in [0.15, 0.2) is 48.8 Å². The number of aromatic nitrogens is 2. The number of nitrogens with zero attached hydrogens (tertiary/aromatic N) is 2. The number of aryl methyl sites for hydroxylation is 1. The monoisotopic (exact) mass is 349 g/mol. The molecule has 1 aliphatic rings. The van der Waals surface area contributed by atoms with E-state index in [2.05, 4.69) is 17.2 Å². The number of imidazole rings is 1. The summed E-state index contributed by atoms with van der Waals surface area (Å²) in [5.74, 6) is 0.731. The summed E-state index contributed by atoms with van der Waals surface area (Å²) in [5, 5.41) is 3.10. The van der Waals surface area contributed by atoms with Crippen LogP contribution >= 0.6 is 0 Å². The zero-order valence-corrected chi connectivity index (χ0v) is 14.9. The largest absolute Gasteiger partial charge is 0.487 e. The molecule has 1 aromatic carbocycles. The molecule has 1 amide bonds. The van der Waals surface area contributed by atoms with Crippen molar-refractivity contribution in [2.24, 2.45) is 0 Å². The van der Waals surface area contributed by atoms with Crippen molar-refractivity contribution in [3.63, 3.8) is 0 Å². The van der Waals surface area contributed by atoms with Gasteiger partial charge in [-0.25, -0.2) is 4.98 Å². The Bertz CT molecular complexity index is 909. The number of rotatable bonds is 5. The van der Waals surface area contributed by atoms with Gasteiger partial charge in [-0.1, -0.05) is 18.9 Å². The first-order valence-corrected chi connectivity index (χ1v) is 9.15. The lowest BCUT2D eigenvalue weighted by Crippen LogP contribution is -2.32. The van der Waals surface area contributed by atoms with Crippen LogP contribution in [0.25, 0.3) is 5.65 Å². The Morgan fingerprint density at radius 1 is 1.15 bits per heavy atom. The fourth-order valence-corrected chi connectivity index (χ4v) is 3.42. The van der Waals surface area contributed by atoms with Gasteiger partial charge in [-0.3, -0.25) is 4.79 Å². The summed E-state index contributed by atoms with van der Waals surface area (Å²) in [6.07, 6.45) is 8.62. The van der Waals surface area contributed by atoms with E-state index in [4.69, 9.17) is 4.74 Å². The van der Waals surface area contributed by atoms with Gasteiger partial charge in [0.2, 0.25) is 0 Å². The molecule has 1 N–H and O–H groups in total. The average molecular weight is 349 g/mol. The van der Waals surface area contributed by atoms with E-state index in [9.17, 15) is 4.79 Å². The van der Waals surface area contributed by atoms with E-state index in [1.807, 2.05) is 53.2 Å². The summed E-state index contributed by atoms with van der Waals surface area (Å²) in [7, 11) is 0. The van der Waals surface area contributed by atoms with Crippen LogP contribution in [0.1, 0.15) is 47.3 Å². The average Bonchev–Trinajstić information content (AvgIpc) is 3.29. The van der Waals surface area contributed by atoms with Crippen LogP contribution in [0.3, 0.4) is 0 Å². The van der Waals surface area contributed by atoms with Crippen molar-refractivity contribution >= 4 is 11.6 Å². The maximum atomic E-state index is 12.3. The van der Waals surface area contributed by atoms with Gasteiger partial charge >= 0.3 is 0 Å². The van der Waals surface area contributed by atoms with Crippen LogP contribution in [-0.2, 0) is 6.61 Å². The molecule has 2 heterocycles. The number of ether oxygens (including phenoxy) is 1. The highest BCUT2D eigenvalue weighted by Crippen LogP contribution is 2.19. The molecule has 0 bridgehead atoms. The van der Waals surface area contributed by atoms with Crippen molar-refractivity contribution in [1.82, 2.24) is 14.7 Å². The number of hydrogen-bond donors (Lipinski definition) is 1. The van der Waals surface area contributed by atoms with E-state index in [0.29, 0.717) is 18.2 Å². The zero-order valence-electron chi connectivity index (χ0n) is 14.9. The summed E-state index contributed by atoms with van der Waals surface area (Å²) in [5.41, 5.74) is 3.65. The van der Waals surface area contributed by atoms with E-state index >= 15 is 0 Å². The summed E-state index contributed by atoms with van der Waals surface area (Å²) in [4.78, 5) is 16.8. The van der Waals surface area contributed by atoms with E-state index in [1.54, 1.807) is 0 Å². The van der Waals surface area contributed by atoms with Crippen LogP contribution in [-0.4, -0.2) is 21.3 Å². The van der Waals surface area contributed by atoms with Gasteiger partial charge in [-0.15, -0.1) is 0 Å². The van der Waals surface area contributed by atoms with Crippen LogP contribution < -0.4 is 10.1 Å². The van der Waals surface area contributed by atoms with Crippen molar-refractivity contribution in [2.45, 2.75) is 45.3 Å². The van der Waals surface area contributed by atoms with Gasteiger partial charge in [-0.05, 0) is 55.7 Å². The number of fused-ring (bicyclic) bond motifs is 1. The second kappa shape index (κ2) is 7.20. The molecule has 0 atom stereocenters. The van der Waals surface area contributed by atoms with Crippen molar-refractivity contribution in [1.29, 1.82) is 0 Å². The van der Waals surface area contributed by atoms with Gasteiger partial charge in [0, 0.05) is 24.0 Å². The molecule has 1 aliphatic carbocycles. The molecule has 0 spiro atoms. The number of hydrogen-bond acceptors (Lipinski definition) is 3. The number of nitrogens with one attached hydrogen (secondary N) is 1. The van der Waals surface area contributed by atoms with E-state index in [-0.39, 0.29) is 5.91 Å². The molecule has 5 heteroatoms. The quantitative estimate of drug-likeness (QED) is 0.760. The maximum Gasteiger partial charge on any atom is 0.251 e. The second-order valence-corrected chi connectivity index (χ2v) is 6.97. The van der Waals surface area contributed by atoms with Gasteiger partial charge in [-0.2, -0.15) is 0 Å². The Morgan fingerprint density at radius 3 is 2.69 bits per heavy atom. The molecule has 4 rings (SSSR count). The molecular formula is C21H23N3O2. The van der Waals surface area contributed by atoms with Crippen molar-refractivity contribution in [3.8, 4) is 5.75 Å². The normalized spacial score (nSPS) is 14.7. The predicted octanol–water partition coefficient (Wildman–Crippen LogP) is 3.89. The summed E-state index contributed by atoms with van der Waals surface area (Å²) in [6, 6.07) is 11.7. The first-order valence-electron chi connectivity index (χ1n) is 9.15. The molecule has 5 nitrogen and oxygen atoms in total. The van der Waals surface area contributed by atoms with Gasteiger partial charge < -0.3 is 14.5 Å². The minimum atomic E-state index is -0.000768. The highest BCUT2D eigenvalue weighted by molar-refractivity contribution is 5.94. The first-order chi connectivity index (χ1) is 12.7. The highest BCUT2D eigenvalue weighted by atomic mass is 16.5. The highest BCUT2D eigenvalue weighted by Gasteiger charge is 2.17. The third-order valence-corrected chi connectivity index (χ3v) is 4.84. The van der Waals surface area contributed by atoms with Gasteiger partial charge in [0.25, 0.3) is 5.91 Å². The topological polar surface area (TPSA) is 55.6 Å². The first kappa shape index (κ1) is 16.6. The molecule has 3 aromatic rings. The summed E-state index contributed by atoms with van der Waals surface area (Å²) < 4.78 is 7.82. The minimum absolute atomic E-state index is 0.000768. The van der Waals surface area contributed by atoms with E-state index in [1.165, 1.54) is 18.4 Å². The van der Waals surface area contributed by atoms with Crippen molar-refractivity contribution < 1.29 is 9.53 Å². The molecule has 0 aliphatic heterocycles. The molecule has 0 radical (unpaired) electrons. The molecule has 2 aromatic heterocycles. The summed E-state index contributed by atoms with van der Waals surface area (Å²) in [6.45, 7) is 2.45. The molecule has 26 heavy (non-hydrogen) atoms. The standard InChI is InChI=1S/C21H23N3O2/c1-15-6-11-20-22-18(13-24(20)12-15)14-26-19-9-7-16(8-10-19)21(25)23-17-4-2-3-5-17/h6-13,17H,2-5,14H2,1H3,(H,23,25). The lowest BCUT2D eigenvalue weighted by molar-refractivity contribution is 0.0938. The Hall–Kier alpha value is -2.82. The van der Waals surface area contributed by atoms with Gasteiger partial charge in [0.15, 0.2) is 0 Å². The second-order valence-electron chi connectivity index (χ2n) is 6.97. The third kappa shape index (κ3) is 3.72. The Labute approximate surface area is 153 Å². The maximum absolute atomic E-state index is 12.3. The smallest absolute Gasteiger partial charge is 0.251 e. The Balaban J connectivity index is 1.36. The zero-order chi connectivity index (χ0) is 17.9. The van der Waals surface area contributed by atoms with Crippen LogP contribution in [0, 0.1) is 6.92 Å². The van der Waals surface area contributed by atoms with Crippen LogP contribution in [0.5, 0.6) is 5.75 Å². The molecule has 134 valence electrons. The van der Waals surface area contributed by atoms with Gasteiger partial charge in [0.05, 0.1) is 5.69 Å². The SMILES string of the molecule is Cc1ccc2nc(COc3ccc(C(=O)NC4CCCC4)cc3)cn2c1. The minimum Gasteiger partial charge on any atom is -0.487 e. The lowest BCUT2D eigenvalue weighted by atomic mass is 10.1. The van der Waals surface area contributed by atoms with E-state index in [0.717, 1.165) is 29.9 Å². The lowest BCUT2D eigenvalue weighted by Gasteiger charge is -2.12. The predicted molar refractivity (Wildman–Crippen MR) is 100 cm³/mol. The van der Waals surface area contributed by atoms with Crippen molar-refractivity contribution in [3.05, 3.63) is 65.6 Å². The molecule has 1 fully saturated rings. The Morgan fingerprint density at radius 2 is 1.92 bits per heavy atom. The molecule has 0 saturated heterocycles. The fraction of sp³-hybridized carbons (Fsp3) is 0.333. The van der Waals surface area contributed by atoms with Crippen LogP contribution in [0.4, 0.5) is 0 Å². The number of carbonyl (C=O) groups excluding carboxylic acids is 1. The van der Waals surface area contributed by atoms with E-state index < -0.39 is 0 Å². The molecule has 0 unspecified atom stereocenters. The molecular weight excluding hydrogens is 326 g/mol. The fourth-order valence-electron chi connectivity index (χ4n) is 3.42. The third-order valence-electron chi connectivity index (χ3n) is 4.84. The number of benzene rings is 1. The van der Waals surface area contributed by atoms with Gasteiger partial charge in [0.1, 0.15) is 18.0 Å². The molecule has 1 saturated carbocycles. The summed E-state index contributed by atoms with van der Waals surface area (Å²) >= 11 is 0. The number of pyridine rings is 1. The Kier molecular flexibility index (Phi) is 4.61. The van der Waals surface area contributed by atoms with Crippen LogP contribution in [0.2, 0.25) is 0 Å². The number of amides is 1. The number of carbonyl (C=O) groups is 1.